The van der Waals surface area contributed by atoms with Gasteiger partial charge >= 0.3 is 0 Å². The Hall–Kier alpha value is -0.940. The molecule has 1 heterocycles. The molecule has 0 spiro atoms. The number of pyridine rings is 1. The second-order valence-electron chi connectivity index (χ2n) is 2.74. The van der Waals surface area contributed by atoms with E-state index in [1.165, 1.54) is 0 Å². The van der Waals surface area contributed by atoms with Crippen LogP contribution < -0.4 is 11.1 Å². The van der Waals surface area contributed by atoms with Gasteiger partial charge in [0.25, 0.3) is 5.91 Å². The minimum atomic E-state index is -0.167. The number of rotatable bonds is 4. The predicted octanol–water partition coefficient (Wildman–Crippen LogP) is 0.923. The number of carbonyl (C=O) groups is 1. The molecule has 0 unspecified atom stereocenters. The Balaban J connectivity index is 2.52. The summed E-state index contributed by atoms with van der Waals surface area (Å²) in [5.74, 6) is -0.167. The largest absolute Gasteiger partial charge is 0.351 e. The quantitative estimate of drug-likeness (QED) is 0.623. The molecular formula is C9H12BrN3O. The van der Waals surface area contributed by atoms with E-state index in [0.717, 1.165) is 6.42 Å². The fraction of sp³-hybridized carbons (Fsp3) is 0.333. The zero-order valence-corrected chi connectivity index (χ0v) is 9.25. The van der Waals surface area contributed by atoms with Gasteiger partial charge in [-0.25, -0.2) is 4.98 Å². The summed E-state index contributed by atoms with van der Waals surface area (Å²) in [6.45, 7) is 1.16. The molecule has 3 N–H and O–H groups in total. The van der Waals surface area contributed by atoms with Crippen LogP contribution in [0.5, 0.6) is 0 Å². The summed E-state index contributed by atoms with van der Waals surface area (Å²) in [6, 6.07) is 5.22. The van der Waals surface area contributed by atoms with E-state index in [9.17, 15) is 4.79 Å². The molecule has 0 aliphatic heterocycles. The normalized spacial score (nSPS) is 9.86. The lowest BCUT2D eigenvalue weighted by molar-refractivity contribution is 0.0948. The second kappa shape index (κ2) is 5.72. The van der Waals surface area contributed by atoms with Gasteiger partial charge in [-0.15, -0.1) is 0 Å². The second-order valence-corrected chi connectivity index (χ2v) is 3.56. The maximum atomic E-state index is 11.4. The highest BCUT2D eigenvalue weighted by atomic mass is 79.9. The van der Waals surface area contributed by atoms with E-state index < -0.39 is 0 Å². The maximum absolute atomic E-state index is 11.4. The van der Waals surface area contributed by atoms with Crippen LogP contribution in [0.2, 0.25) is 0 Å². The van der Waals surface area contributed by atoms with Crippen molar-refractivity contribution in [2.75, 3.05) is 13.1 Å². The molecule has 76 valence electrons. The van der Waals surface area contributed by atoms with Gasteiger partial charge in [-0.2, -0.15) is 0 Å². The molecule has 1 aromatic rings. The number of nitrogens with two attached hydrogens (primary N) is 1. The lowest BCUT2D eigenvalue weighted by atomic mass is 10.3. The van der Waals surface area contributed by atoms with Gasteiger partial charge in [-0.3, -0.25) is 4.79 Å². The van der Waals surface area contributed by atoms with Crippen LogP contribution in [-0.4, -0.2) is 24.0 Å². The van der Waals surface area contributed by atoms with Crippen molar-refractivity contribution in [1.29, 1.82) is 0 Å². The fourth-order valence-corrected chi connectivity index (χ4v) is 1.27. The number of nitrogens with one attached hydrogen (secondary N) is 1. The number of hydrogen-bond acceptors (Lipinski definition) is 3. The average molecular weight is 258 g/mol. The molecule has 0 saturated carbocycles. The van der Waals surface area contributed by atoms with E-state index in [1.807, 2.05) is 0 Å². The first kappa shape index (κ1) is 11.1. The SMILES string of the molecule is NCCCNC(=O)c1cccc(Br)n1. The Labute approximate surface area is 91.0 Å². The van der Waals surface area contributed by atoms with E-state index >= 15 is 0 Å². The van der Waals surface area contributed by atoms with Crippen LogP contribution >= 0.6 is 15.9 Å². The third kappa shape index (κ3) is 3.43. The highest BCUT2D eigenvalue weighted by Crippen LogP contribution is 2.05. The third-order valence-electron chi connectivity index (χ3n) is 1.61. The zero-order valence-electron chi connectivity index (χ0n) is 7.66. The lowest BCUT2D eigenvalue weighted by Crippen LogP contribution is -2.26. The van der Waals surface area contributed by atoms with Gasteiger partial charge in [-0.1, -0.05) is 6.07 Å². The van der Waals surface area contributed by atoms with E-state index in [2.05, 4.69) is 26.2 Å². The summed E-state index contributed by atoms with van der Waals surface area (Å²) < 4.78 is 0.656. The van der Waals surface area contributed by atoms with Crippen molar-refractivity contribution in [2.45, 2.75) is 6.42 Å². The van der Waals surface area contributed by atoms with Gasteiger partial charge < -0.3 is 11.1 Å². The molecule has 5 heteroatoms. The predicted molar refractivity (Wildman–Crippen MR) is 57.9 cm³/mol. The number of hydrogen-bond donors (Lipinski definition) is 2. The Bertz CT molecular complexity index is 317. The van der Waals surface area contributed by atoms with Crippen LogP contribution in [-0.2, 0) is 0 Å². The molecule has 1 amide bonds. The molecule has 0 atom stereocenters. The summed E-state index contributed by atoms with van der Waals surface area (Å²) in [7, 11) is 0. The van der Waals surface area contributed by atoms with Crippen molar-refractivity contribution >= 4 is 21.8 Å². The molecule has 1 aromatic heterocycles. The number of halogens is 1. The standard InChI is InChI=1S/C9H12BrN3O/c10-8-4-1-3-7(13-8)9(14)12-6-2-5-11/h1,3-4H,2,5-6,11H2,(H,12,14). The van der Waals surface area contributed by atoms with Gasteiger partial charge in [0.1, 0.15) is 10.3 Å². The molecule has 1 rings (SSSR count). The van der Waals surface area contributed by atoms with Crippen molar-refractivity contribution in [1.82, 2.24) is 10.3 Å². The Morgan fingerprint density at radius 1 is 1.57 bits per heavy atom. The van der Waals surface area contributed by atoms with Crippen LogP contribution in [0.15, 0.2) is 22.8 Å². The summed E-state index contributed by atoms with van der Waals surface area (Å²) >= 11 is 3.20. The topological polar surface area (TPSA) is 68.0 Å². The van der Waals surface area contributed by atoms with Crippen molar-refractivity contribution in [3.05, 3.63) is 28.5 Å². The summed E-state index contributed by atoms with van der Waals surface area (Å²) in [6.07, 6.45) is 0.778. The summed E-state index contributed by atoms with van der Waals surface area (Å²) in [5.41, 5.74) is 5.72. The summed E-state index contributed by atoms with van der Waals surface area (Å²) in [4.78, 5) is 15.5. The highest BCUT2D eigenvalue weighted by molar-refractivity contribution is 9.10. The van der Waals surface area contributed by atoms with Crippen molar-refractivity contribution < 1.29 is 4.79 Å². The molecule has 14 heavy (non-hydrogen) atoms. The molecule has 0 aliphatic carbocycles. The average Bonchev–Trinajstić information content (AvgIpc) is 2.18. The molecule has 0 fully saturated rings. The first-order chi connectivity index (χ1) is 6.74. The monoisotopic (exact) mass is 257 g/mol. The third-order valence-corrected chi connectivity index (χ3v) is 2.06. The fourth-order valence-electron chi connectivity index (χ4n) is 0.929. The van der Waals surface area contributed by atoms with Gasteiger partial charge in [0, 0.05) is 6.54 Å². The van der Waals surface area contributed by atoms with Gasteiger partial charge in [0.05, 0.1) is 0 Å². The van der Waals surface area contributed by atoms with Crippen LogP contribution in [0.25, 0.3) is 0 Å². The highest BCUT2D eigenvalue weighted by Gasteiger charge is 2.05. The first-order valence-electron chi connectivity index (χ1n) is 4.35. The Morgan fingerprint density at radius 2 is 2.36 bits per heavy atom. The molecular weight excluding hydrogens is 246 g/mol. The first-order valence-corrected chi connectivity index (χ1v) is 5.14. The number of aromatic nitrogens is 1. The van der Waals surface area contributed by atoms with Crippen molar-refractivity contribution in [3.63, 3.8) is 0 Å². The number of nitrogens with zero attached hydrogens (tertiary/aromatic N) is 1. The van der Waals surface area contributed by atoms with Crippen LogP contribution in [0.4, 0.5) is 0 Å². The molecule has 0 aliphatic rings. The molecule has 0 bridgehead atoms. The number of amides is 1. The Morgan fingerprint density at radius 3 is 3.00 bits per heavy atom. The van der Waals surface area contributed by atoms with Gasteiger partial charge in [0.2, 0.25) is 0 Å². The van der Waals surface area contributed by atoms with Crippen LogP contribution in [0.1, 0.15) is 16.9 Å². The van der Waals surface area contributed by atoms with Crippen LogP contribution in [0.3, 0.4) is 0 Å². The minimum Gasteiger partial charge on any atom is -0.351 e. The zero-order chi connectivity index (χ0) is 10.4. The Kier molecular flexibility index (Phi) is 4.55. The minimum absolute atomic E-state index is 0.167. The molecule has 0 saturated heterocycles. The number of carbonyl (C=O) groups excluding carboxylic acids is 1. The van der Waals surface area contributed by atoms with E-state index in [1.54, 1.807) is 18.2 Å². The smallest absolute Gasteiger partial charge is 0.269 e. The van der Waals surface area contributed by atoms with E-state index in [0.29, 0.717) is 23.4 Å². The molecule has 0 aromatic carbocycles. The molecule has 4 nitrogen and oxygen atoms in total. The van der Waals surface area contributed by atoms with Crippen molar-refractivity contribution in [3.8, 4) is 0 Å². The van der Waals surface area contributed by atoms with E-state index in [4.69, 9.17) is 5.73 Å². The van der Waals surface area contributed by atoms with E-state index in [-0.39, 0.29) is 5.91 Å². The molecule has 0 radical (unpaired) electrons. The van der Waals surface area contributed by atoms with Crippen LogP contribution in [0, 0.1) is 0 Å². The van der Waals surface area contributed by atoms with Gasteiger partial charge in [-0.05, 0) is 41.0 Å². The lowest BCUT2D eigenvalue weighted by Gasteiger charge is -2.03. The summed E-state index contributed by atoms with van der Waals surface area (Å²) in [5, 5.41) is 2.72. The van der Waals surface area contributed by atoms with Crippen molar-refractivity contribution in [2.24, 2.45) is 5.73 Å². The maximum Gasteiger partial charge on any atom is 0.269 e. The van der Waals surface area contributed by atoms with Gasteiger partial charge in [0.15, 0.2) is 0 Å².